The number of carbonyl (C=O) groups is 1. The molecule has 23 heavy (non-hydrogen) atoms. The molecule has 1 aliphatic carbocycles. The largest absolute Gasteiger partial charge is 0.461 e. The van der Waals surface area contributed by atoms with Gasteiger partial charge in [-0.1, -0.05) is 31.0 Å². The van der Waals surface area contributed by atoms with Crippen LogP contribution in [0, 0.1) is 34.5 Å². The normalized spacial score (nSPS) is 31.5. The highest BCUT2D eigenvalue weighted by molar-refractivity contribution is 6.05. The number of nitrogens with one attached hydrogen (secondary N) is 1. The molecule has 1 fully saturated rings. The fraction of sp³-hybridized carbons (Fsp3) is 0.389. The van der Waals surface area contributed by atoms with Crippen LogP contribution in [0.3, 0.4) is 0 Å². The maximum absolute atomic E-state index is 12.9. The lowest BCUT2D eigenvalue weighted by Crippen LogP contribution is -2.51. The van der Waals surface area contributed by atoms with Crippen molar-refractivity contribution in [2.45, 2.75) is 31.3 Å². The van der Waals surface area contributed by atoms with Gasteiger partial charge in [0.25, 0.3) is 5.91 Å². The molecule has 3 aliphatic rings. The molecule has 1 aromatic rings. The summed E-state index contributed by atoms with van der Waals surface area (Å²) in [6, 6.07) is 11.6. The van der Waals surface area contributed by atoms with Gasteiger partial charge in [0.05, 0.1) is 11.6 Å². The zero-order valence-corrected chi connectivity index (χ0v) is 12.5. The minimum Gasteiger partial charge on any atom is -0.461 e. The van der Waals surface area contributed by atoms with Crippen molar-refractivity contribution in [1.29, 1.82) is 10.5 Å². The van der Waals surface area contributed by atoms with Crippen LogP contribution in [0.1, 0.15) is 31.2 Å². The van der Waals surface area contributed by atoms with Gasteiger partial charge in [0, 0.05) is 23.1 Å². The monoisotopic (exact) mass is 305 g/mol. The van der Waals surface area contributed by atoms with Crippen molar-refractivity contribution in [2.75, 3.05) is 5.32 Å². The average Bonchev–Trinajstić information content (AvgIpc) is 2.87. The molecule has 1 saturated carbocycles. The topological polar surface area (TPSA) is 85.9 Å². The highest BCUT2D eigenvalue weighted by atomic mass is 16.5. The van der Waals surface area contributed by atoms with Crippen LogP contribution in [-0.4, -0.2) is 5.91 Å². The van der Waals surface area contributed by atoms with Gasteiger partial charge in [-0.25, -0.2) is 0 Å². The Morgan fingerprint density at radius 1 is 1.17 bits per heavy atom. The average molecular weight is 305 g/mol. The Morgan fingerprint density at radius 2 is 1.96 bits per heavy atom. The van der Waals surface area contributed by atoms with Crippen LogP contribution in [0.25, 0.3) is 0 Å². The summed E-state index contributed by atoms with van der Waals surface area (Å²) >= 11 is 0. The Kier molecular flexibility index (Phi) is 2.92. The molecule has 5 heteroatoms. The van der Waals surface area contributed by atoms with E-state index in [1.807, 2.05) is 30.3 Å². The second-order valence-electron chi connectivity index (χ2n) is 6.30. The van der Waals surface area contributed by atoms with E-state index < -0.39 is 5.60 Å². The summed E-state index contributed by atoms with van der Waals surface area (Å²) in [5.74, 6) is -0.413. The zero-order valence-electron chi connectivity index (χ0n) is 12.5. The van der Waals surface area contributed by atoms with Crippen LogP contribution in [0.5, 0.6) is 0 Å². The standard InChI is InChI=1S/C18H15N3O2/c19-9-12-11-5-1-2-6-13(11)18(23-16(12)10-20)14-7-3-4-8-15(14)21-17(18)22/h3-4,7-8,11,13H,1-2,5-6H2,(H,21,22). The van der Waals surface area contributed by atoms with E-state index in [2.05, 4.69) is 11.4 Å². The summed E-state index contributed by atoms with van der Waals surface area (Å²) < 4.78 is 5.98. The van der Waals surface area contributed by atoms with Gasteiger partial charge < -0.3 is 10.1 Å². The van der Waals surface area contributed by atoms with Gasteiger partial charge in [-0.15, -0.1) is 0 Å². The van der Waals surface area contributed by atoms with Gasteiger partial charge in [0.1, 0.15) is 6.07 Å². The predicted octanol–water partition coefficient (Wildman–Crippen LogP) is 2.97. The summed E-state index contributed by atoms with van der Waals surface area (Å²) in [5, 5.41) is 21.8. The molecule has 1 aromatic carbocycles. The molecular formula is C18H15N3O2. The Bertz CT molecular complexity index is 814. The van der Waals surface area contributed by atoms with E-state index in [-0.39, 0.29) is 23.5 Å². The van der Waals surface area contributed by atoms with E-state index in [1.165, 1.54) is 0 Å². The first-order chi connectivity index (χ1) is 11.2. The molecule has 4 rings (SSSR count). The van der Waals surface area contributed by atoms with Crippen molar-refractivity contribution >= 4 is 11.6 Å². The van der Waals surface area contributed by atoms with Gasteiger partial charge in [0.15, 0.2) is 0 Å². The fourth-order valence-electron chi connectivity index (χ4n) is 4.36. The Balaban J connectivity index is 1.96. The van der Waals surface area contributed by atoms with Gasteiger partial charge >= 0.3 is 0 Å². The summed E-state index contributed by atoms with van der Waals surface area (Å²) in [6.45, 7) is 0. The number of fused-ring (bicyclic) bond motifs is 4. The molecule has 1 spiro atoms. The SMILES string of the molecule is N#CC1=C(C#N)C2CCCCC2C2(O1)C(=O)Nc1ccccc12. The quantitative estimate of drug-likeness (QED) is 0.798. The first-order valence-electron chi connectivity index (χ1n) is 7.86. The highest BCUT2D eigenvalue weighted by Gasteiger charge is 2.60. The van der Waals surface area contributed by atoms with Crippen LogP contribution < -0.4 is 5.32 Å². The zero-order chi connectivity index (χ0) is 16.0. The first-order valence-corrected chi connectivity index (χ1v) is 7.86. The lowest BCUT2D eigenvalue weighted by molar-refractivity contribution is -0.150. The third-order valence-electron chi connectivity index (χ3n) is 5.30. The number of hydrogen-bond donors (Lipinski definition) is 1. The predicted molar refractivity (Wildman–Crippen MR) is 81.5 cm³/mol. The minimum absolute atomic E-state index is 0.00232. The van der Waals surface area contributed by atoms with Gasteiger partial charge in [-0.3, -0.25) is 4.79 Å². The number of para-hydroxylation sites is 1. The van der Waals surface area contributed by atoms with E-state index in [1.54, 1.807) is 0 Å². The Hall–Kier alpha value is -2.79. The molecule has 0 bridgehead atoms. The number of rotatable bonds is 0. The molecule has 3 unspecified atom stereocenters. The number of anilines is 1. The van der Waals surface area contributed by atoms with E-state index in [9.17, 15) is 15.3 Å². The summed E-state index contributed by atoms with van der Waals surface area (Å²) in [4.78, 5) is 12.9. The molecule has 1 amide bonds. The Labute approximate surface area is 134 Å². The molecule has 0 radical (unpaired) electrons. The summed E-state index contributed by atoms with van der Waals surface area (Å²) in [7, 11) is 0. The van der Waals surface area contributed by atoms with Crippen LogP contribution >= 0.6 is 0 Å². The molecule has 3 atom stereocenters. The van der Waals surface area contributed by atoms with Gasteiger partial charge in [-0.05, 0) is 18.9 Å². The van der Waals surface area contributed by atoms with Crippen molar-refractivity contribution in [1.82, 2.24) is 0 Å². The number of ether oxygens (including phenoxy) is 1. The molecule has 2 aliphatic heterocycles. The van der Waals surface area contributed by atoms with Crippen molar-refractivity contribution < 1.29 is 9.53 Å². The van der Waals surface area contributed by atoms with E-state index in [0.717, 1.165) is 36.9 Å². The number of carbonyl (C=O) groups excluding carboxylic acids is 1. The van der Waals surface area contributed by atoms with Crippen LogP contribution in [0.15, 0.2) is 35.6 Å². The van der Waals surface area contributed by atoms with Crippen molar-refractivity contribution in [2.24, 2.45) is 11.8 Å². The second kappa shape index (κ2) is 4.86. The lowest BCUT2D eigenvalue weighted by atomic mass is 9.64. The van der Waals surface area contributed by atoms with Gasteiger partial charge in [0.2, 0.25) is 11.4 Å². The molecule has 1 N–H and O–H groups in total. The Morgan fingerprint density at radius 3 is 2.74 bits per heavy atom. The summed E-state index contributed by atoms with van der Waals surface area (Å²) in [6.07, 6.45) is 3.64. The van der Waals surface area contributed by atoms with E-state index >= 15 is 0 Å². The van der Waals surface area contributed by atoms with Crippen LogP contribution in [0.4, 0.5) is 5.69 Å². The number of hydrogen-bond acceptors (Lipinski definition) is 4. The van der Waals surface area contributed by atoms with E-state index in [4.69, 9.17) is 4.74 Å². The number of benzene rings is 1. The number of allylic oxidation sites excluding steroid dienone is 2. The van der Waals surface area contributed by atoms with Crippen LogP contribution in [-0.2, 0) is 15.1 Å². The number of nitrogens with zero attached hydrogens (tertiary/aromatic N) is 2. The molecule has 2 heterocycles. The third kappa shape index (κ3) is 1.68. The van der Waals surface area contributed by atoms with Crippen molar-refractivity contribution in [3.8, 4) is 12.1 Å². The molecule has 0 saturated heterocycles. The first kappa shape index (κ1) is 13.8. The molecule has 5 nitrogen and oxygen atoms in total. The number of nitriles is 2. The van der Waals surface area contributed by atoms with Crippen molar-refractivity contribution in [3.63, 3.8) is 0 Å². The molecule has 114 valence electrons. The van der Waals surface area contributed by atoms with Crippen LogP contribution in [0.2, 0.25) is 0 Å². The summed E-state index contributed by atoms with van der Waals surface area (Å²) in [5.41, 5.74) is 0.749. The second-order valence-corrected chi connectivity index (χ2v) is 6.30. The third-order valence-corrected chi connectivity index (χ3v) is 5.30. The minimum atomic E-state index is -1.17. The maximum Gasteiger partial charge on any atom is 0.273 e. The molecular weight excluding hydrogens is 290 g/mol. The smallest absolute Gasteiger partial charge is 0.273 e. The lowest BCUT2D eigenvalue weighted by Gasteiger charge is -2.46. The molecule has 0 aromatic heterocycles. The fourth-order valence-corrected chi connectivity index (χ4v) is 4.36. The highest BCUT2D eigenvalue weighted by Crippen LogP contribution is 2.56. The maximum atomic E-state index is 12.9. The van der Waals surface area contributed by atoms with E-state index in [0.29, 0.717) is 5.57 Å². The number of amides is 1. The van der Waals surface area contributed by atoms with Crippen molar-refractivity contribution in [3.05, 3.63) is 41.2 Å². The van der Waals surface area contributed by atoms with Gasteiger partial charge in [-0.2, -0.15) is 10.5 Å².